The number of hydrogen-bond acceptors (Lipinski definition) is 3. The fraction of sp³-hybridized carbons (Fsp3) is 0.263. The van der Waals surface area contributed by atoms with Crippen LogP contribution in [0.5, 0.6) is 5.75 Å². The molecule has 1 atom stereocenters. The second-order valence-corrected chi connectivity index (χ2v) is 5.34. The number of carbonyl (C=O) groups excluding carboxylic acids is 2. The number of carbonyl (C=O) groups is 2. The number of para-hydroxylation sites is 1. The Bertz CT molecular complexity index is 709. The van der Waals surface area contributed by atoms with Gasteiger partial charge in [-0.15, -0.1) is 0 Å². The zero-order valence-electron chi connectivity index (χ0n) is 13.6. The van der Waals surface area contributed by atoms with Crippen LogP contribution in [0.3, 0.4) is 0 Å². The normalized spacial score (nSPS) is 11.6. The molecule has 0 aliphatic rings. The number of amides is 1. The third kappa shape index (κ3) is 4.42. The Morgan fingerprint density at radius 3 is 2.57 bits per heavy atom. The van der Waals surface area contributed by atoms with Crippen molar-refractivity contribution < 1.29 is 14.3 Å². The lowest BCUT2D eigenvalue weighted by molar-refractivity contribution is -0.122. The van der Waals surface area contributed by atoms with Crippen LogP contribution >= 0.6 is 0 Å². The maximum Gasteiger partial charge on any atom is 0.265 e. The molecule has 1 unspecified atom stereocenters. The molecule has 4 nitrogen and oxygen atoms in total. The van der Waals surface area contributed by atoms with Crippen LogP contribution in [0.15, 0.2) is 48.5 Å². The monoisotopic (exact) mass is 311 g/mol. The number of aryl methyl sites for hydroxylation is 1. The van der Waals surface area contributed by atoms with E-state index in [4.69, 9.17) is 4.74 Å². The highest BCUT2D eigenvalue weighted by atomic mass is 16.5. The maximum atomic E-state index is 12.3. The van der Waals surface area contributed by atoms with Crippen molar-refractivity contribution in [2.75, 3.05) is 5.32 Å². The van der Waals surface area contributed by atoms with Gasteiger partial charge >= 0.3 is 0 Å². The molecule has 1 N–H and O–H groups in total. The molecule has 0 aromatic heterocycles. The van der Waals surface area contributed by atoms with Gasteiger partial charge in [-0.3, -0.25) is 9.59 Å². The Hall–Kier alpha value is -2.62. The highest BCUT2D eigenvalue weighted by molar-refractivity contribution is 5.95. The van der Waals surface area contributed by atoms with Crippen molar-refractivity contribution in [2.45, 2.75) is 33.3 Å². The number of Topliss-reactive ketones (excluding diaryl/α,β-unsaturated/α-hetero) is 1. The van der Waals surface area contributed by atoms with Crippen LogP contribution in [0, 0.1) is 0 Å². The second kappa shape index (κ2) is 7.58. The molecule has 0 aliphatic heterocycles. The van der Waals surface area contributed by atoms with Crippen LogP contribution in [0.25, 0.3) is 0 Å². The molecule has 4 heteroatoms. The van der Waals surface area contributed by atoms with E-state index >= 15 is 0 Å². The average Bonchev–Trinajstić information content (AvgIpc) is 2.55. The van der Waals surface area contributed by atoms with Gasteiger partial charge in [0.2, 0.25) is 0 Å². The van der Waals surface area contributed by atoms with Crippen molar-refractivity contribution in [1.82, 2.24) is 0 Å². The van der Waals surface area contributed by atoms with E-state index in [1.165, 1.54) is 6.92 Å². The van der Waals surface area contributed by atoms with E-state index in [1.54, 1.807) is 31.2 Å². The summed E-state index contributed by atoms with van der Waals surface area (Å²) in [6, 6.07) is 14.5. The van der Waals surface area contributed by atoms with Crippen LogP contribution in [0.1, 0.15) is 36.7 Å². The zero-order chi connectivity index (χ0) is 16.8. The Morgan fingerprint density at radius 2 is 1.87 bits per heavy atom. The topological polar surface area (TPSA) is 55.4 Å². The first-order chi connectivity index (χ1) is 11.0. The summed E-state index contributed by atoms with van der Waals surface area (Å²) >= 11 is 0. The fourth-order valence-electron chi connectivity index (χ4n) is 2.23. The largest absolute Gasteiger partial charge is 0.481 e. The van der Waals surface area contributed by atoms with E-state index in [0.29, 0.717) is 11.3 Å². The van der Waals surface area contributed by atoms with Gasteiger partial charge in [0.05, 0.1) is 0 Å². The van der Waals surface area contributed by atoms with Crippen molar-refractivity contribution in [3.05, 3.63) is 59.7 Å². The summed E-state index contributed by atoms with van der Waals surface area (Å²) in [4.78, 5) is 23.7. The van der Waals surface area contributed by atoms with Crippen LogP contribution < -0.4 is 10.1 Å². The molecule has 1 amide bonds. The van der Waals surface area contributed by atoms with Gasteiger partial charge < -0.3 is 10.1 Å². The minimum atomic E-state index is -0.665. The Morgan fingerprint density at radius 1 is 1.13 bits per heavy atom. The van der Waals surface area contributed by atoms with Crippen molar-refractivity contribution in [3.8, 4) is 5.75 Å². The molecule has 2 rings (SSSR count). The fourth-order valence-corrected chi connectivity index (χ4v) is 2.23. The highest BCUT2D eigenvalue weighted by Gasteiger charge is 2.16. The third-order valence-corrected chi connectivity index (χ3v) is 3.58. The average molecular weight is 311 g/mol. The summed E-state index contributed by atoms with van der Waals surface area (Å²) in [6.45, 7) is 5.22. The predicted molar refractivity (Wildman–Crippen MR) is 91.0 cm³/mol. The molecule has 0 aliphatic carbocycles. The van der Waals surface area contributed by atoms with Gasteiger partial charge in [-0.25, -0.2) is 0 Å². The molecule has 0 saturated heterocycles. The summed E-state index contributed by atoms with van der Waals surface area (Å²) in [5, 5.41) is 2.89. The van der Waals surface area contributed by atoms with Crippen molar-refractivity contribution in [3.63, 3.8) is 0 Å². The summed E-state index contributed by atoms with van der Waals surface area (Å²) < 4.78 is 5.65. The number of benzene rings is 2. The first kappa shape index (κ1) is 16.7. The maximum absolute atomic E-state index is 12.3. The van der Waals surface area contributed by atoms with E-state index in [9.17, 15) is 9.59 Å². The second-order valence-electron chi connectivity index (χ2n) is 5.34. The van der Waals surface area contributed by atoms with Gasteiger partial charge in [0, 0.05) is 11.3 Å². The first-order valence-electron chi connectivity index (χ1n) is 7.67. The molecule has 0 radical (unpaired) electrons. The van der Waals surface area contributed by atoms with Crippen LogP contribution in [0.4, 0.5) is 5.69 Å². The summed E-state index contributed by atoms with van der Waals surface area (Å²) in [7, 11) is 0. The number of ether oxygens (including phenoxy) is 1. The van der Waals surface area contributed by atoms with Crippen molar-refractivity contribution in [2.24, 2.45) is 0 Å². The van der Waals surface area contributed by atoms with Crippen molar-refractivity contribution >= 4 is 17.4 Å². The zero-order valence-corrected chi connectivity index (χ0v) is 13.6. The number of hydrogen-bond donors (Lipinski definition) is 1. The standard InChI is InChI=1S/C19H21NO3/c1-4-15-8-5-6-11-18(15)20-19(22)14(3)23-17-10-7-9-16(12-17)13(2)21/h5-12,14H,4H2,1-3H3,(H,20,22). The van der Waals surface area contributed by atoms with Gasteiger partial charge in [0.25, 0.3) is 5.91 Å². The molecule has 0 saturated carbocycles. The molecule has 0 fully saturated rings. The quantitative estimate of drug-likeness (QED) is 0.824. The molecular weight excluding hydrogens is 290 g/mol. The summed E-state index contributed by atoms with van der Waals surface area (Å²) in [5.74, 6) is 0.243. The van der Waals surface area contributed by atoms with E-state index in [-0.39, 0.29) is 11.7 Å². The predicted octanol–water partition coefficient (Wildman–Crippen LogP) is 3.86. The van der Waals surface area contributed by atoms with E-state index < -0.39 is 6.10 Å². The number of anilines is 1. The molecule has 2 aromatic rings. The Balaban J connectivity index is 2.05. The third-order valence-electron chi connectivity index (χ3n) is 3.58. The Kier molecular flexibility index (Phi) is 5.52. The van der Waals surface area contributed by atoms with Crippen LogP contribution in [0.2, 0.25) is 0 Å². The molecular formula is C19H21NO3. The minimum Gasteiger partial charge on any atom is -0.481 e. The lowest BCUT2D eigenvalue weighted by atomic mass is 10.1. The smallest absolute Gasteiger partial charge is 0.265 e. The molecule has 0 heterocycles. The lowest BCUT2D eigenvalue weighted by Gasteiger charge is -2.16. The molecule has 2 aromatic carbocycles. The number of rotatable bonds is 6. The lowest BCUT2D eigenvalue weighted by Crippen LogP contribution is -2.30. The van der Waals surface area contributed by atoms with E-state index in [1.807, 2.05) is 31.2 Å². The Labute approximate surface area is 136 Å². The molecule has 0 bridgehead atoms. The summed E-state index contributed by atoms with van der Waals surface area (Å²) in [5.41, 5.74) is 2.44. The van der Waals surface area contributed by atoms with E-state index in [0.717, 1.165) is 17.7 Å². The minimum absolute atomic E-state index is 0.0376. The number of ketones is 1. The van der Waals surface area contributed by atoms with Gasteiger partial charge in [0.1, 0.15) is 5.75 Å². The van der Waals surface area contributed by atoms with Crippen molar-refractivity contribution in [1.29, 1.82) is 0 Å². The SMILES string of the molecule is CCc1ccccc1NC(=O)C(C)Oc1cccc(C(C)=O)c1. The van der Waals surface area contributed by atoms with Crippen LogP contribution in [-0.2, 0) is 11.2 Å². The number of nitrogens with one attached hydrogen (secondary N) is 1. The van der Waals surface area contributed by atoms with Crippen LogP contribution in [-0.4, -0.2) is 17.8 Å². The summed E-state index contributed by atoms with van der Waals surface area (Å²) in [6.07, 6.45) is 0.175. The first-order valence-corrected chi connectivity index (χ1v) is 7.67. The van der Waals surface area contributed by atoms with Gasteiger partial charge in [-0.2, -0.15) is 0 Å². The molecule has 120 valence electrons. The highest BCUT2D eigenvalue weighted by Crippen LogP contribution is 2.18. The van der Waals surface area contributed by atoms with E-state index in [2.05, 4.69) is 5.32 Å². The molecule has 23 heavy (non-hydrogen) atoms. The van der Waals surface area contributed by atoms with Gasteiger partial charge in [0.15, 0.2) is 11.9 Å². The van der Waals surface area contributed by atoms with Gasteiger partial charge in [-0.1, -0.05) is 37.3 Å². The van der Waals surface area contributed by atoms with Gasteiger partial charge in [-0.05, 0) is 44.0 Å². The molecule has 0 spiro atoms.